The molecule has 0 fully saturated rings. The number of aromatic hydroxyl groups is 1. The quantitative estimate of drug-likeness (QED) is 0.679. The highest BCUT2D eigenvalue weighted by molar-refractivity contribution is 5.57. The molecule has 0 spiro atoms. The summed E-state index contributed by atoms with van der Waals surface area (Å²) in [7, 11) is 1.50. The van der Waals surface area contributed by atoms with Gasteiger partial charge < -0.3 is 15.7 Å². The molecular weight excluding hydrogens is 240 g/mol. The number of benzene rings is 2. The van der Waals surface area contributed by atoms with Crippen molar-refractivity contribution in [2.24, 2.45) is 5.73 Å². The molecule has 4 nitrogen and oxygen atoms in total. The Morgan fingerprint density at radius 2 is 1.58 bits per heavy atom. The van der Waals surface area contributed by atoms with Gasteiger partial charge in [-0.05, 0) is 31.3 Å². The highest BCUT2D eigenvalue weighted by Gasteiger charge is 2.01. The first-order valence-corrected chi connectivity index (χ1v) is 5.86. The van der Waals surface area contributed by atoms with E-state index in [9.17, 15) is 0 Å². The van der Waals surface area contributed by atoms with Crippen molar-refractivity contribution in [1.29, 1.82) is 0 Å². The van der Waals surface area contributed by atoms with E-state index in [1.807, 2.05) is 36.4 Å². The maximum Gasteiger partial charge on any atom is 0.162 e. The third kappa shape index (κ3) is 5.14. The number of hydrogen-bond acceptors (Lipinski definition) is 4. The van der Waals surface area contributed by atoms with Gasteiger partial charge in [0.05, 0.1) is 0 Å². The first-order chi connectivity index (χ1) is 9.36. The Bertz CT molecular complexity index is 499. The van der Waals surface area contributed by atoms with Crippen molar-refractivity contribution in [3.8, 4) is 11.5 Å². The number of rotatable bonds is 0. The van der Waals surface area contributed by atoms with Crippen LogP contribution in [0.15, 0.2) is 60.8 Å². The molecular formula is C15H18N2O2. The number of nitrogens with one attached hydrogen (secondary N) is 1. The number of phenolic OH excluding ortho intramolecular Hbond substituents is 1. The molecule has 4 N–H and O–H groups in total. The largest absolute Gasteiger partial charge is 0.508 e. The van der Waals surface area contributed by atoms with Crippen molar-refractivity contribution < 1.29 is 9.94 Å². The molecule has 100 valence electrons. The van der Waals surface area contributed by atoms with Gasteiger partial charge in [0.15, 0.2) is 5.75 Å². The van der Waals surface area contributed by atoms with Crippen LogP contribution in [-0.2, 0) is 0 Å². The Hall–Kier alpha value is -2.46. The van der Waals surface area contributed by atoms with Gasteiger partial charge in [0.2, 0.25) is 0 Å². The van der Waals surface area contributed by atoms with Crippen LogP contribution in [0.3, 0.4) is 0 Å². The van der Waals surface area contributed by atoms with E-state index < -0.39 is 0 Å². The maximum absolute atomic E-state index is 8.63. The molecule has 3 rings (SSSR count). The molecule has 0 saturated heterocycles. The van der Waals surface area contributed by atoms with Gasteiger partial charge in [0.25, 0.3) is 0 Å². The minimum Gasteiger partial charge on any atom is -0.508 e. The predicted octanol–water partition coefficient (Wildman–Crippen LogP) is 2.52. The van der Waals surface area contributed by atoms with E-state index in [1.165, 1.54) is 7.05 Å². The van der Waals surface area contributed by atoms with Crippen molar-refractivity contribution in [1.82, 2.24) is 5.48 Å². The second-order valence-corrected chi connectivity index (χ2v) is 3.43. The average Bonchev–Trinajstić information content (AvgIpc) is 2.51. The Balaban J connectivity index is 0.000000177. The molecule has 1 aliphatic heterocycles. The van der Waals surface area contributed by atoms with Crippen LogP contribution in [-0.4, -0.2) is 12.2 Å². The third-order valence-electron chi connectivity index (χ3n) is 2.18. The molecule has 1 heterocycles. The van der Waals surface area contributed by atoms with Gasteiger partial charge in [-0.15, -0.1) is 0 Å². The minimum absolute atomic E-state index is 0.322. The molecule has 0 saturated carbocycles. The Kier molecular flexibility index (Phi) is 6.61. The second kappa shape index (κ2) is 8.60. The van der Waals surface area contributed by atoms with E-state index >= 15 is 0 Å². The summed E-state index contributed by atoms with van der Waals surface area (Å²) >= 11 is 0. The summed E-state index contributed by atoms with van der Waals surface area (Å²) in [5.74, 6) is 1.20. The van der Waals surface area contributed by atoms with Gasteiger partial charge >= 0.3 is 0 Å². The first-order valence-electron chi connectivity index (χ1n) is 5.86. The Morgan fingerprint density at radius 3 is 2.16 bits per heavy atom. The molecule has 2 aromatic rings. The Labute approximate surface area is 113 Å². The third-order valence-corrected chi connectivity index (χ3v) is 2.18. The van der Waals surface area contributed by atoms with E-state index in [-0.39, 0.29) is 0 Å². The molecule has 0 aliphatic carbocycles. The summed E-state index contributed by atoms with van der Waals surface area (Å²) < 4.78 is 0. The fraction of sp³-hybridized carbons (Fsp3) is 0.0667. The van der Waals surface area contributed by atoms with Crippen LogP contribution in [0.4, 0.5) is 0 Å². The number of nitrogens with two attached hydrogens (primary N) is 1. The van der Waals surface area contributed by atoms with Gasteiger partial charge in [0, 0.05) is 11.8 Å². The maximum atomic E-state index is 8.63. The van der Waals surface area contributed by atoms with Crippen molar-refractivity contribution in [3.63, 3.8) is 0 Å². The lowest BCUT2D eigenvalue weighted by atomic mass is 10.2. The molecule has 4 heteroatoms. The lowest BCUT2D eigenvalue weighted by Gasteiger charge is -2.11. The minimum atomic E-state index is 0.322. The summed E-state index contributed by atoms with van der Waals surface area (Å²) in [6.45, 7) is 0. The van der Waals surface area contributed by atoms with Crippen molar-refractivity contribution in [2.45, 2.75) is 0 Å². The standard InChI is InChI=1S/C8H7NO.C6H6O.CH5N/c1-2-4-8-7(3-1)5-6-9-10-8;7-6-4-2-1-3-5-6;1-2/h1-6,9H;1-5,7H;2H2,1H3. The van der Waals surface area contributed by atoms with Gasteiger partial charge in [-0.2, -0.15) is 0 Å². The van der Waals surface area contributed by atoms with Crippen LogP contribution < -0.4 is 16.1 Å². The molecule has 0 aromatic heterocycles. The summed E-state index contributed by atoms with van der Waals surface area (Å²) in [4.78, 5) is 5.09. The van der Waals surface area contributed by atoms with Gasteiger partial charge in [-0.1, -0.05) is 36.4 Å². The zero-order valence-electron chi connectivity index (χ0n) is 10.8. The molecule has 0 bridgehead atoms. The average molecular weight is 258 g/mol. The topological polar surface area (TPSA) is 67.5 Å². The van der Waals surface area contributed by atoms with Crippen molar-refractivity contribution in [2.75, 3.05) is 7.05 Å². The van der Waals surface area contributed by atoms with E-state index in [2.05, 4.69) is 11.2 Å². The molecule has 1 aliphatic rings. The first kappa shape index (κ1) is 14.6. The highest BCUT2D eigenvalue weighted by atomic mass is 16.6. The van der Waals surface area contributed by atoms with Crippen molar-refractivity contribution >= 4 is 6.08 Å². The van der Waals surface area contributed by atoms with E-state index in [0.29, 0.717) is 5.75 Å². The van der Waals surface area contributed by atoms with Crippen LogP contribution in [0.5, 0.6) is 11.5 Å². The van der Waals surface area contributed by atoms with Crippen LogP contribution >= 0.6 is 0 Å². The van der Waals surface area contributed by atoms with E-state index in [1.54, 1.807) is 30.5 Å². The monoisotopic (exact) mass is 258 g/mol. The summed E-state index contributed by atoms with van der Waals surface area (Å²) in [5, 5.41) is 8.63. The highest BCUT2D eigenvalue weighted by Crippen LogP contribution is 2.20. The molecule has 0 unspecified atom stereocenters. The zero-order valence-corrected chi connectivity index (χ0v) is 10.8. The molecule has 0 amide bonds. The van der Waals surface area contributed by atoms with Crippen LogP contribution in [0, 0.1) is 0 Å². The van der Waals surface area contributed by atoms with Crippen molar-refractivity contribution in [3.05, 3.63) is 66.4 Å². The van der Waals surface area contributed by atoms with Crippen LogP contribution in [0.2, 0.25) is 0 Å². The van der Waals surface area contributed by atoms with Crippen LogP contribution in [0.1, 0.15) is 5.56 Å². The molecule has 2 aromatic carbocycles. The van der Waals surface area contributed by atoms with Gasteiger partial charge in [0.1, 0.15) is 5.75 Å². The Morgan fingerprint density at radius 1 is 0.947 bits per heavy atom. The predicted molar refractivity (Wildman–Crippen MR) is 77.5 cm³/mol. The number of hydrogen-bond donors (Lipinski definition) is 3. The number of fused-ring (bicyclic) bond motifs is 1. The molecule has 0 atom stereocenters. The molecule has 0 radical (unpaired) electrons. The smallest absolute Gasteiger partial charge is 0.162 e. The summed E-state index contributed by atoms with van der Waals surface area (Å²) in [6, 6.07) is 16.6. The van der Waals surface area contributed by atoms with Gasteiger partial charge in [-0.25, -0.2) is 5.48 Å². The zero-order chi connectivity index (χ0) is 13.9. The van der Waals surface area contributed by atoms with E-state index in [0.717, 1.165) is 11.3 Å². The number of para-hydroxylation sites is 2. The summed E-state index contributed by atoms with van der Waals surface area (Å²) in [5.41, 5.74) is 8.27. The summed E-state index contributed by atoms with van der Waals surface area (Å²) in [6.07, 6.45) is 3.74. The lowest BCUT2D eigenvalue weighted by molar-refractivity contribution is 0.239. The fourth-order valence-electron chi connectivity index (χ4n) is 1.36. The van der Waals surface area contributed by atoms with Gasteiger partial charge in [-0.3, -0.25) is 0 Å². The van der Waals surface area contributed by atoms with Crippen LogP contribution in [0.25, 0.3) is 6.08 Å². The number of phenols is 1. The number of hydroxylamine groups is 1. The second-order valence-electron chi connectivity index (χ2n) is 3.43. The normalized spacial score (nSPS) is 10.4. The van der Waals surface area contributed by atoms with E-state index in [4.69, 9.17) is 9.94 Å². The SMILES string of the molecule is C1=Cc2ccccc2ON1.CN.Oc1ccccc1. The fourth-order valence-corrected chi connectivity index (χ4v) is 1.36. The molecule has 19 heavy (non-hydrogen) atoms. The lowest BCUT2D eigenvalue weighted by Crippen LogP contribution is -2.13.